The Labute approximate surface area is 150 Å². The summed E-state index contributed by atoms with van der Waals surface area (Å²) in [5, 5.41) is 7.97. The van der Waals surface area contributed by atoms with Crippen LogP contribution in [0, 0.1) is 3.57 Å². The number of halogens is 1. The van der Waals surface area contributed by atoms with Gasteiger partial charge in [-0.15, -0.1) is 10.2 Å². The van der Waals surface area contributed by atoms with Gasteiger partial charge in [0, 0.05) is 20.9 Å². The van der Waals surface area contributed by atoms with E-state index in [1.165, 1.54) is 0 Å². The average Bonchev–Trinajstić information content (AvgIpc) is 3.03. The maximum Gasteiger partial charge on any atom is 0.284 e. The summed E-state index contributed by atoms with van der Waals surface area (Å²) >= 11 is 3.10. The predicted octanol–water partition coefficient (Wildman–Crippen LogP) is 4.28. The lowest BCUT2D eigenvalue weighted by Crippen LogP contribution is -1.92. The summed E-state index contributed by atoms with van der Waals surface area (Å²) in [4.78, 5) is 12.2. The van der Waals surface area contributed by atoms with Gasteiger partial charge in [-0.1, -0.05) is 12.1 Å². The van der Waals surface area contributed by atoms with Gasteiger partial charge in [-0.3, -0.25) is 4.79 Å². The molecule has 0 atom stereocenters. The maximum atomic E-state index is 12.2. The topological polar surface area (TPSA) is 65.2 Å². The van der Waals surface area contributed by atoms with Gasteiger partial charge in [0.2, 0.25) is 5.12 Å². The van der Waals surface area contributed by atoms with Crippen molar-refractivity contribution in [3.63, 3.8) is 0 Å². The molecule has 3 aromatic rings. The largest absolute Gasteiger partial charge is 0.496 e. The SMILES string of the molecule is COc1ccccc1-c1nnc(SC(=O)c2ccc(I)cc2)o1. The average molecular weight is 438 g/mol. The van der Waals surface area contributed by atoms with Crippen molar-refractivity contribution in [3.8, 4) is 17.2 Å². The Hall–Kier alpha value is -1.87. The summed E-state index contributed by atoms with van der Waals surface area (Å²) in [6, 6.07) is 14.6. The minimum atomic E-state index is -0.142. The molecular formula is C16H11IN2O3S. The zero-order chi connectivity index (χ0) is 16.2. The quantitative estimate of drug-likeness (QED) is 0.448. The van der Waals surface area contributed by atoms with Gasteiger partial charge in [-0.2, -0.15) is 0 Å². The van der Waals surface area contributed by atoms with Crippen molar-refractivity contribution >= 4 is 39.5 Å². The zero-order valence-electron chi connectivity index (χ0n) is 12.0. The molecule has 0 unspecified atom stereocenters. The summed E-state index contributed by atoms with van der Waals surface area (Å²) in [7, 11) is 1.57. The van der Waals surface area contributed by atoms with Crippen LogP contribution in [0.3, 0.4) is 0 Å². The first-order chi connectivity index (χ1) is 11.2. The first kappa shape index (κ1) is 16.0. The van der Waals surface area contributed by atoms with Crippen molar-refractivity contribution in [1.82, 2.24) is 10.2 Å². The van der Waals surface area contributed by atoms with Crippen LogP contribution in [-0.2, 0) is 0 Å². The van der Waals surface area contributed by atoms with Gasteiger partial charge in [0.25, 0.3) is 11.1 Å². The number of aromatic nitrogens is 2. The van der Waals surface area contributed by atoms with E-state index in [2.05, 4.69) is 32.8 Å². The summed E-state index contributed by atoms with van der Waals surface area (Å²) in [5.74, 6) is 0.956. The highest BCUT2D eigenvalue weighted by atomic mass is 127. The molecular weight excluding hydrogens is 427 g/mol. The number of ether oxygens (including phenoxy) is 1. The zero-order valence-corrected chi connectivity index (χ0v) is 15.0. The second kappa shape index (κ2) is 7.14. The molecule has 0 bridgehead atoms. The smallest absolute Gasteiger partial charge is 0.284 e. The number of thioether (sulfide) groups is 1. The van der Waals surface area contributed by atoms with Crippen molar-refractivity contribution in [3.05, 3.63) is 57.7 Å². The monoisotopic (exact) mass is 438 g/mol. The molecule has 1 heterocycles. The van der Waals surface area contributed by atoms with Crippen LogP contribution < -0.4 is 4.74 Å². The number of hydrogen-bond donors (Lipinski definition) is 0. The second-order valence-corrected chi connectivity index (χ2v) is 6.64. The highest BCUT2D eigenvalue weighted by Crippen LogP contribution is 2.31. The van der Waals surface area contributed by atoms with Crippen LogP contribution in [0.5, 0.6) is 5.75 Å². The van der Waals surface area contributed by atoms with E-state index in [0.29, 0.717) is 22.8 Å². The van der Waals surface area contributed by atoms with Crippen LogP contribution in [0.25, 0.3) is 11.5 Å². The van der Waals surface area contributed by atoms with Gasteiger partial charge in [-0.25, -0.2) is 0 Å². The third kappa shape index (κ3) is 3.73. The van der Waals surface area contributed by atoms with Crippen molar-refractivity contribution in [1.29, 1.82) is 0 Å². The molecule has 5 nitrogen and oxygen atoms in total. The van der Waals surface area contributed by atoms with E-state index >= 15 is 0 Å². The number of carbonyl (C=O) groups excluding carboxylic acids is 1. The number of hydrogen-bond acceptors (Lipinski definition) is 6. The van der Waals surface area contributed by atoms with Crippen LogP contribution in [0.1, 0.15) is 10.4 Å². The molecule has 2 aromatic carbocycles. The second-order valence-electron chi connectivity index (χ2n) is 4.47. The van der Waals surface area contributed by atoms with Crippen molar-refractivity contribution in [2.75, 3.05) is 7.11 Å². The molecule has 1 aromatic heterocycles. The summed E-state index contributed by atoms with van der Waals surface area (Å²) in [5.41, 5.74) is 1.28. The van der Waals surface area contributed by atoms with E-state index in [-0.39, 0.29) is 10.3 Å². The van der Waals surface area contributed by atoms with Gasteiger partial charge < -0.3 is 9.15 Å². The van der Waals surface area contributed by atoms with Crippen LogP contribution >= 0.6 is 34.4 Å². The summed E-state index contributed by atoms with van der Waals surface area (Å²) in [6.45, 7) is 0. The maximum absolute atomic E-state index is 12.2. The fraction of sp³-hybridized carbons (Fsp3) is 0.0625. The molecule has 0 saturated heterocycles. The fourth-order valence-electron chi connectivity index (χ4n) is 1.91. The lowest BCUT2D eigenvalue weighted by molar-refractivity contribution is 0.108. The molecule has 7 heteroatoms. The normalized spacial score (nSPS) is 10.5. The molecule has 0 amide bonds. The minimum Gasteiger partial charge on any atom is -0.496 e. The third-order valence-corrected chi connectivity index (χ3v) is 4.48. The van der Waals surface area contributed by atoms with Crippen LogP contribution in [0.15, 0.2) is 58.2 Å². The Morgan fingerprint density at radius 1 is 1.13 bits per heavy atom. The van der Waals surface area contributed by atoms with E-state index in [9.17, 15) is 4.79 Å². The third-order valence-electron chi connectivity index (χ3n) is 3.00. The van der Waals surface area contributed by atoms with Crippen LogP contribution in [-0.4, -0.2) is 22.4 Å². The lowest BCUT2D eigenvalue weighted by atomic mass is 10.2. The Balaban J connectivity index is 1.79. The Morgan fingerprint density at radius 3 is 2.61 bits per heavy atom. The number of para-hydroxylation sites is 1. The molecule has 0 aliphatic rings. The van der Waals surface area contributed by atoms with E-state index in [4.69, 9.17) is 9.15 Å². The fourth-order valence-corrected chi connectivity index (χ4v) is 2.88. The molecule has 0 aliphatic heterocycles. The van der Waals surface area contributed by atoms with Gasteiger partial charge in [-0.05, 0) is 59.0 Å². The Morgan fingerprint density at radius 2 is 1.87 bits per heavy atom. The van der Waals surface area contributed by atoms with Gasteiger partial charge in [0.1, 0.15) is 5.75 Å². The van der Waals surface area contributed by atoms with Crippen molar-refractivity contribution < 1.29 is 13.9 Å². The van der Waals surface area contributed by atoms with Crippen LogP contribution in [0.2, 0.25) is 0 Å². The molecule has 0 radical (unpaired) electrons. The Kier molecular flexibility index (Phi) is 4.97. The highest BCUT2D eigenvalue weighted by molar-refractivity contribution is 14.1. The predicted molar refractivity (Wildman–Crippen MR) is 95.6 cm³/mol. The molecule has 0 saturated carbocycles. The van der Waals surface area contributed by atoms with E-state index in [0.717, 1.165) is 15.3 Å². The van der Waals surface area contributed by atoms with E-state index in [1.54, 1.807) is 19.2 Å². The molecule has 0 spiro atoms. The van der Waals surface area contributed by atoms with Crippen LogP contribution in [0.4, 0.5) is 0 Å². The molecule has 116 valence electrons. The van der Waals surface area contributed by atoms with Gasteiger partial charge in [0.05, 0.1) is 12.7 Å². The van der Waals surface area contributed by atoms with E-state index < -0.39 is 0 Å². The summed E-state index contributed by atoms with van der Waals surface area (Å²) < 4.78 is 11.9. The molecule has 3 rings (SSSR count). The number of nitrogens with zero attached hydrogens (tertiary/aromatic N) is 2. The standard InChI is InChI=1S/C16H11IN2O3S/c1-21-13-5-3-2-4-12(13)14-18-19-16(22-14)23-15(20)10-6-8-11(17)9-7-10/h2-9H,1H3. The van der Waals surface area contributed by atoms with Crippen molar-refractivity contribution in [2.45, 2.75) is 5.22 Å². The number of carbonyl (C=O) groups is 1. The van der Waals surface area contributed by atoms with Gasteiger partial charge >= 0.3 is 0 Å². The lowest BCUT2D eigenvalue weighted by Gasteiger charge is -2.03. The minimum absolute atomic E-state index is 0.142. The van der Waals surface area contributed by atoms with Gasteiger partial charge in [0.15, 0.2) is 0 Å². The molecule has 0 fully saturated rings. The highest BCUT2D eigenvalue weighted by Gasteiger charge is 2.16. The molecule has 23 heavy (non-hydrogen) atoms. The Bertz CT molecular complexity index is 833. The first-order valence-corrected chi connectivity index (χ1v) is 8.51. The number of methoxy groups -OCH3 is 1. The van der Waals surface area contributed by atoms with Crippen molar-refractivity contribution in [2.24, 2.45) is 0 Å². The number of benzene rings is 2. The number of rotatable bonds is 4. The first-order valence-electron chi connectivity index (χ1n) is 6.62. The van der Waals surface area contributed by atoms with E-state index in [1.807, 2.05) is 36.4 Å². The summed E-state index contributed by atoms with van der Waals surface area (Å²) in [6.07, 6.45) is 0. The molecule has 0 N–H and O–H groups in total. The molecule has 0 aliphatic carbocycles.